The Kier molecular flexibility index (Phi) is 6.91. The molecule has 3 N–H and O–H groups in total. The third-order valence-corrected chi connectivity index (χ3v) is 12.8. The highest BCUT2D eigenvalue weighted by molar-refractivity contribution is 7.91. The van der Waals surface area contributed by atoms with Gasteiger partial charge in [-0.05, 0) is 60.7 Å². The predicted molar refractivity (Wildman–Crippen MR) is 139 cm³/mol. The Labute approximate surface area is 227 Å². The van der Waals surface area contributed by atoms with E-state index in [4.69, 9.17) is 5.14 Å². The van der Waals surface area contributed by atoms with Gasteiger partial charge in [-0.2, -0.15) is 0 Å². The summed E-state index contributed by atoms with van der Waals surface area (Å²) >= 11 is 0.698. The number of nitrogens with zero attached hydrogens (tertiary/aromatic N) is 2. The summed E-state index contributed by atoms with van der Waals surface area (Å²) in [6.07, 6.45) is 5.04. The van der Waals surface area contributed by atoms with Gasteiger partial charge in [-0.3, -0.25) is 19.2 Å². The maximum absolute atomic E-state index is 13.9. The minimum atomic E-state index is -3.98. The molecule has 0 aliphatic heterocycles. The average Bonchev–Trinajstić information content (AvgIpc) is 3.45. The average molecular weight is 565 g/mol. The van der Waals surface area contributed by atoms with Crippen LogP contribution in [0, 0.1) is 46.3 Å². The standard InChI is InChI=1S/C26H36N4O6S2/c1-13(4-7-21(34)28-23-29-30-24(37-23)38(27,35)36)16-5-6-17-22-18(12-20(33)26(16,17)3)25(2)9-8-15(31)10-14(25)11-19(22)32/h13-14,16-18,22H,4-12H2,1-3H3,(H2,27,35,36)(H,28,29,34)/t13-,14+,16-,17?,18?,22?,25+,26-/m1/s1. The quantitative estimate of drug-likeness (QED) is 0.497. The van der Waals surface area contributed by atoms with Crippen LogP contribution in [0.3, 0.4) is 0 Å². The van der Waals surface area contributed by atoms with Crippen molar-refractivity contribution >= 4 is 49.7 Å². The molecular formula is C26H36N4O6S2. The molecule has 0 aromatic carbocycles. The Morgan fingerprint density at radius 1 is 1.13 bits per heavy atom. The van der Waals surface area contributed by atoms with E-state index >= 15 is 0 Å². The molecule has 3 unspecified atom stereocenters. The molecule has 4 aliphatic carbocycles. The first-order chi connectivity index (χ1) is 17.7. The molecule has 4 aliphatic rings. The number of hydrogen-bond donors (Lipinski definition) is 2. The van der Waals surface area contributed by atoms with Gasteiger partial charge in [0.05, 0.1) is 0 Å². The maximum atomic E-state index is 13.9. The monoisotopic (exact) mass is 564 g/mol. The lowest BCUT2D eigenvalue weighted by Gasteiger charge is -2.58. The Morgan fingerprint density at radius 2 is 1.87 bits per heavy atom. The molecule has 1 heterocycles. The number of ketones is 3. The number of nitrogens with two attached hydrogens (primary N) is 1. The van der Waals surface area contributed by atoms with E-state index in [0.29, 0.717) is 43.4 Å². The normalized spacial score (nSPS) is 37.8. The third kappa shape index (κ3) is 4.46. The molecule has 0 radical (unpaired) electrons. The van der Waals surface area contributed by atoms with Gasteiger partial charge in [-0.15, -0.1) is 10.2 Å². The first-order valence-electron chi connectivity index (χ1n) is 13.5. The van der Waals surface area contributed by atoms with Crippen molar-refractivity contribution in [1.82, 2.24) is 10.2 Å². The number of nitrogens with one attached hydrogen (secondary N) is 1. The Bertz CT molecular complexity index is 1290. The van der Waals surface area contributed by atoms with Crippen LogP contribution in [0.1, 0.15) is 78.6 Å². The molecule has 4 fully saturated rings. The van der Waals surface area contributed by atoms with Crippen molar-refractivity contribution < 1.29 is 27.6 Å². The number of anilines is 1. The topological polar surface area (TPSA) is 166 Å². The summed E-state index contributed by atoms with van der Waals surface area (Å²) in [6, 6.07) is 0. The number of sulfonamides is 1. The highest BCUT2D eigenvalue weighted by atomic mass is 32.2. The molecule has 5 rings (SSSR count). The number of fused-ring (bicyclic) bond motifs is 5. The van der Waals surface area contributed by atoms with E-state index in [9.17, 15) is 27.6 Å². The molecule has 1 aromatic heterocycles. The molecule has 0 saturated heterocycles. The molecule has 8 atom stereocenters. The van der Waals surface area contributed by atoms with Crippen molar-refractivity contribution in [3.8, 4) is 0 Å². The molecule has 12 heteroatoms. The third-order valence-electron chi connectivity index (χ3n) is 10.6. The molecule has 1 amide bonds. The first-order valence-corrected chi connectivity index (χ1v) is 15.8. The van der Waals surface area contributed by atoms with Crippen molar-refractivity contribution in [2.24, 2.45) is 51.5 Å². The molecule has 4 saturated carbocycles. The number of rotatable bonds is 6. The molecule has 208 valence electrons. The van der Waals surface area contributed by atoms with Gasteiger partial charge in [-0.1, -0.05) is 32.1 Å². The first kappa shape index (κ1) is 27.5. The van der Waals surface area contributed by atoms with Gasteiger partial charge in [0.1, 0.15) is 17.3 Å². The van der Waals surface area contributed by atoms with Crippen molar-refractivity contribution in [2.45, 2.75) is 82.9 Å². The van der Waals surface area contributed by atoms with E-state index < -0.39 is 15.4 Å². The predicted octanol–water partition coefficient (Wildman–Crippen LogP) is 3.13. The van der Waals surface area contributed by atoms with Gasteiger partial charge < -0.3 is 5.32 Å². The van der Waals surface area contributed by atoms with Crippen LogP contribution in [0.4, 0.5) is 5.13 Å². The smallest absolute Gasteiger partial charge is 0.267 e. The van der Waals surface area contributed by atoms with Gasteiger partial charge in [0.25, 0.3) is 10.0 Å². The van der Waals surface area contributed by atoms with Crippen LogP contribution in [0.5, 0.6) is 0 Å². The number of carbonyl (C=O) groups is 4. The van der Waals surface area contributed by atoms with Gasteiger partial charge in [0, 0.05) is 43.4 Å². The zero-order valence-electron chi connectivity index (χ0n) is 22.1. The molecule has 1 aromatic rings. The van der Waals surface area contributed by atoms with E-state index in [1.165, 1.54) is 0 Å². The van der Waals surface area contributed by atoms with Crippen molar-refractivity contribution in [1.29, 1.82) is 0 Å². The highest BCUT2D eigenvalue weighted by Gasteiger charge is 2.66. The highest BCUT2D eigenvalue weighted by Crippen LogP contribution is 2.66. The number of Topliss-reactive ketones (excluding diaryl/α,β-unsaturated/α-hetero) is 3. The summed E-state index contributed by atoms with van der Waals surface area (Å²) in [5, 5.41) is 14.9. The molecular weight excluding hydrogens is 528 g/mol. The lowest BCUT2D eigenvalue weighted by molar-refractivity contribution is -0.166. The fourth-order valence-electron chi connectivity index (χ4n) is 8.51. The summed E-state index contributed by atoms with van der Waals surface area (Å²) in [5.74, 6) is 0.514. The Morgan fingerprint density at radius 3 is 2.55 bits per heavy atom. The Balaban J connectivity index is 1.27. The zero-order chi connectivity index (χ0) is 27.6. The number of primary sulfonamides is 1. The van der Waals surface area contributed by atoms with E-state index in [1.54, 1.807) is 0 Å². The van der Waals surface area contributed by atoms with Crippen molar-refractivity contribution in [2.75, 3.05) is 5.32 Å². The van der Waals surface area contributed by atoms with Crippen LogP contribution in [0.15, 0.2) is 4.34 Å². The van der Waals surface area contributed by atoms with Crippen LogP contribution >= 0.6 is 11.3 Å². The minimum Gasteiger partial charge on any atom is -0.301 e. The number of aromatic nitrogens is 2. The SMILES string of the molecule is C[C@H](CCC(=O)Nc1nnc(S(N)(=O)=O)s1)[C@H]1CCC2C3C(=O)C[C@@H]4CC(=O)CC[C@]4(C)C3CC(=O)[C@@]21C. The van der Waals surface area contributed by atoms with Gasteiger partial charge in [0.15, 0.2) is 0 Å². The Hall–Kier alpha value is -2.05. The summed E-state index contributed by atoms with van der Waals surface area (Å²) in [7, 11) is -3.98. The van der Waals surface area contributed by atoms with E-state index in [-0.39, 0.29) is 80.1 Å². The summed E-state index contributed by atoms with van der Waals surface area (Å²) < 4.78 is 22.4. The van der Waals surface area contributed by atoms with Crippen LogP contribution in [-0.4, -0.2) is 41.9 Å². The second-order valence-electron chi connectivity index (χ2n) is 12.4. The largest absolute Gasteiger partial charge is 0.301 e. The number of hydrogen-bond acceptors (Lipinski definition) is 9. The lowest BCUT2D eigenvalue weighted by atomic mass is 9.44. The fraction of sp³-hybridized carbons (Fsp3) is 0.769. The molecule has 38 heavy (non-hydrogen) atoms. The van der Waals surface area contributed by atoms with Crippen LogP contribution in [0.2, 0.25) is 0 Å². The summed E-state index contributed by atoms with van der Waals surface area (Å²) in [4.78, 5) is 52.1. The number of amides is 1. The van der Waals surface area contributed by atoms with Gasteiger partial charge >= 0.3 is 0 Å². The van der Waals surface area contributed by atoms with Crippen LogP contribution in [0.25, 0.3) is 0 Å². The summed E-state index contributed by atoms with van der Waals surface area (Å²) in [5.41, 5.74) is -0.733. The van der Waals surface area contributed by atoms with Gasteiger partial charge in [-0.25, -0.2) is 13.6 Å². The van der Waals surface area contributed by atoms with Gasteiger partial charge in [0.2, 0.25) is 15.4 Å². The maximum Gasteiger partial charge on any atom is 0.267 e. The van der Waals surface area contributed by atoms with Crippen molar-refractivity contribution in [3.63, 3.8) is 0 Å². The molecule has 10 nitrogen and oxygen atoms in total. The van der Waals surface area contributed by atoms with Crippen LogP contribution < -0.4 is 10.5 Å². The molecule has 0 spiro atoms. The van der Waals surface area contributed by atoms with E-state index in [2.05, 4.69) is 29.4 Å². The van der Waals surface area contributed by atoms with E-state index in [1.807, 2.05) is 6.92 Å². The lowest BCUT2D eigenvalue weighted by Crippen LogP contribution is -2.60. The van der Waals surface area contributed by atoms with Crippen LogP contribution in [-0.2, 0) is 29.2 Å². The fourth-order valence-corrected chi connectivity index (χ4v) is 9.86. The second-order valence-corrected chi connectivity index (χ2v) is 15.1. The zero-order valence-corrected chi connectivity index (χ0v) is 23.7. The number of carbonyl (C=O) groups excluding carboxylic acids is 4. The molecule has 0 bridgehead atoms. The van der Waals surface area contributed by atoms with E-state index in [0.717, 1.165) is 19.3 Å². The van der Waals surface area contributed by atoms with Crippen molar-refractivity contribution in [3.05, 3.63) is 0 Å². The minimum absolute atomic E-state index is 0.0101. The summed E-state index contributed by atoms with van der Waals surface area (Å²) in [6.45, 7) is 6.33. The second kappa shape index (κ2) is 9.55.